The molecule has 1 fully saturated rings. The first kappa shape index (κ1) is 16.3. The fourth-order valence-electron chi connectivity index (χ4n) is 3.17. The van der Waals surface area contributed by atoms with E-state index in [0.29, 0.717) is 5.78 Å². The lowest BCUT2D eigenvalue weighted by molar-refractivity contribution is 0.0834. The number of aryl methyl sites for hydroxylation is 1. The molecule has 3 rings (SSSR count). The van der Waals surface area contributed by atoms with E-state index < -0.39 is 0 Å². The molecule has 4 heteroatoms. The molecule has 1 saturated heterocycles. The van der Waals surface area contributed by atoms with Crippen LogP contribution in [-0.2, 0) is 13.0 Å². The number of carbonyl (C=O) groups is 1. The summed E-state index contributed by atoms with van der Waals surface area (Å²) in [4.78, 5) is 19.6. The van der Waals surface area contributed by atoms with Crippen molar-refractivity contribution < 1.29 is 4.79 Å². The third kappa shape index (κ3) is 4.27. The van der Waals surface area contributed by atoms with Gasteiger partial charge in [-0.25, -0.2) is 4.98 Å². The van der Waals surface area contributed by atoms with E-state index in [-0.39, 0.29) is 5.92 Å². The number of ketones is 1. The standard InChI is InChI=1S/C19H24N2OS/c1-2-6-18-20-17(14-23-18)13-21-11-9-16(10-12-21)19(22)15-7-4-3-5-8-15/h3-5,7-8,14,16H,2,6,9-13H2,1H3. The summed E-state index contributed by atoms with van der Waals surface area (Å²) in [7, 11) is 0. The number of nitrogens with zero attached hydrogens (tertiary/aromatic N) is 2. The average molecular weight is 328 g/mol. The first-order valence-corrected chi connectivity index (χ1v) is 9.39. The smallest absolute Gasteiger partial charge is 0.166 e. The number of hydrogen-bond acceptors (Lipinski definition) is 4. The predicted octanol–water partition coefficient (Wildman–Crippen LogP) is 4.19. The van der Waals surface area contributed by atoms with Crippen LogP contribution in [0.2, 0.25) is 0 Å². The van der Waals surface area contributed by atoms with Gasteiger partial charge >= 0.3 is 0 Å². The molecule has 0 N–H and O–H groups in total. The number of aromatic nitrogens is 1. The fourth-order valence-corrected chi connectivity index (χ4v) is 4.06. The minimum atomic E-state index is 0.180. The Kier molecular flexibility index (Phi) is 5.57. The lowest BCUT2D eigenvalue weighted by atomic mass is 9.89. The third-order valence-electron chi connectivity index (χ3n) is 4.47. The Balaban J connectivity index is 1.51. The van der Waals surface area contributed by atoms with Crippen LogP contribution >= 0.6 is 11.3 Å². The van der Waals surface area contributed by atoms with Crippen molar-refractivity contribution in [3.63, 3.8) is 0 Å². The molecule has 23 heavy (non-hydrogen) atoms. The van der Waals surface area contributed by atoms with Crippen molar-refractivity contribution in [1.29, 1.82) is 0 Å². The van der Waals surface area contributed by atoms with Crippen molar-refractivity contribution >= 4 is 17.1 Å². The molecular formula is C19H24N2OS. The van der Waals surface area contributed by atoms with E-state index in [1.165, 1.54) is 10.7 Å². The molecule has 1 aromatic heterocycles. The van der Waals surface area contributed by atoms with Gasteiger partial charge in [0.2, 0.25) is 0 Å². The Morgan fingerprint density at radius 1 is 1.26 bits per heavy atom. The van der Waals surface area contributed by atoms with Gasteiger partial charge in [0, 0.05) is 23.4 Å². The Hall–Kier alpha value is -1.52. The maximum Gasteiger partial charge on any atom is 0.166 e. The molecule has 1 aromatic carbocycles. The first-order chi connectivity index (χ1) is 11.3. The van der Waals surface area contributed by atoms with E-state index in [0.717, 1.165) is 50.9 Å². The van der Waals surface area contributed by atoms with Gasteiger partial charge in [0.05, 0.1) is 10.7 Å². The van der Waals surface area contributed by atoms with Gasteiger partial charge in [-0.05, 0) is 38.8 Å². The third-order valence-corrected chi connectivity index (χ3v) is 5.42. The Morgan fingerprint density at radius 3 is 2.70 bits per heavy atom. The Labute approximate surface area is 142 Å². The van der Waals surface area contributed by atoms with E-state index >= 15 is 0 Å². The van der Waals surface area contributed by atoms with Crippen LogP contribution in [0, 0.1) is 5.92 Å². The molecule has 0 aliphatic carbocycles. The molecule has 2 aromatic rings. The minimum absolute atomic E-state index is 0.180. The summed E-state index contributed by atoms with van der Waals surface area (Å²) in [5.74, 6) is 0.490. The molecule has 3 nitrogen and oxygen atoms in total. The summed E-state index contributed by atoms with van der Waals surface area (Å²) >= 11 is 1.77. The maximum atomic E-state index is 12.5. The van der Waals surface area contributed by atoms with E-state index in [1.54, 1.807) is 11.3 Å². The summed E-state index contributed by atoms with van der Waals surface area (Å²) in [6.07, 6.45) is 4.15. The second-order valence-corrected chi connectivity index (χ2v) is 7.21. The zero-order chi connectivity index (χ0) is 16.1. The largest absolute Gasteiger partial charge is 0.297 e. The van der Waals surface area contributed by atoms with Crippen LogP contribution in [0.15, 0.2) is 35.7 Å². The summed E-state index contributed by atoms with van der Waals surface area (Å²) in [6, 6.07) is 9.70. The summed E-state index contributed by atoms with van der Waals surface area (Å²) in [5, 5.41) is 3.43. The van der Waals surface area contributed by atoms with Crippen molar-refractivity contribution in [1.82, 2.24) is 9.88 Å². The van der Waals surface area contributed by atoms with Crippen LogP contribution in [0.25, 0.3) is 0 Å². The number of thiazole rings is 1. The highest BCUT2D eigenvalue weighted by Crippen LogP contribution is 2.23. The molecule has 122 valence electrons. The summed E-state index contributed by atoms with van der Waals surface area (Å²) in [6.45, 7) is 5.09. The van der Waals surface area contributed by atoms with Gasteiger partial charge in [-0.2, -0.15) is 0 Å². The quantitative estimate of drug-likeness (QED) is 0.746. The molecule has 1 aliphatic rings. The summed E-state index contributed by atoms with van der Waals surface area (Å²) < 4.78 is 0. The molecule has 0 saturated carbocycles. The Bertz CT molecular complexity index is 630. The van der Waals surface area contributed by atoms with E-state index in [9.17, 15) is 4.79 Å². The van der Waals surface area contributed by atoms with Crippen LogP contribution in [0.1, 0.15) is 47.2 Å². The number of hydrogen-bond donors (Lipinski definition) is 0. The second-order valence-electron chi connectivity index (χ2n) is 6.26. The summed E-state index contributed by atoms with van der Waals surface area (Å²) in [5.41, 5.74) is 2.04. The monoisotopic (exact) mass is 328 g/mol. The highest BCUT2D eigenvalue weighted by molar-refractivity contribution is 7.09. The fraction of sp³-hybridized carbons (Fsp3) is 0.474. The van der Waals surface area contributed by atoms with Crippen LogP contribution in [-0.4, -0.2) is 28.8 Å². The van der Waals surface area contributed by atoms with Gasteiger partial charge in [0.25, 0.3) is 0 Å². The molecule has 0 atom stereocenters. The maximum absolute atomic E-state index is 12.5. The number of Topliss-reactive ketones (excluding diaryl/α,β-unsaturated/α-hetero) is 1. The molecule has 0 radical (unpaired) electrons. The number of carbonyl (C=O) groups excluding carboxylic acids is 1. The number of piperidine rings is 1. The molecule has 1 aliphatic heterocycles. The first-order valence-electron chi connectivity index (χ1n) is 8.51. The van der Waals surface area contributed by atoms with Gasteiger partial charge in [-0.15, -0.1) is 11.3 Å². The predicted molar refractivity (Wildman–Crippen MR) is 94.9 cm³/mol. The minimum Gasteiger partial charge on any atom is -0.297 e. The molecular weight excluding hydrogens is 304 g/mol. The van der Waals surface area contributed by atoms with Gasteiger partial charge < -0.3 is 0 Å². The molecule has 0 amide bonds. The van der Waals surface area contributed by atoms with E-state index in [4.69, 9.17) is 4.98 Å². The van der Waals surface area contributed by atoms with Gasteiger partial charge in [0.15, 0.2) is 5.78 Å². The SMILES string of the molecule is CCCc1nc(CN2CCC(C(=O)c3ccccc3)CC2)cs1. The van der Waals surface area contributed by atoms with E-state index in [1.807, 2.05) is 30.3 Å². The van der Waals surface area contributed by atoms with Crippen molar-refractivity contribution in [3.05, 3.63) is 52.0 Å². The van der Waals surface area contributed by atoms with Crippen LogP contribution < -0.4 is 0 Å². The zero-order valence-electron chi connectivity index (χ0n) is 13.7. The van der Waals surface area contributed by atoms with Gasteiger partial charge in [0.1, 0.15) is 0 Å². The topological polar surface area (TPSA) is 33.2 Å². The normalized spacial score (nSPS) is 16.6. The van der Waals surface area contributed by atoms with E-state index in [2.05, 4.69) is 17.2 Å². The highest BCUT2D eigenvalue weighted by atomic mass is 32.1. The van der Waals surface area contributed by atoms with Crippen molar-refractivity contribution in [2.24, 2.45) is 5.92 Å². The molecule has 0 bridgehead atoms. The van der Waals surface area contributed by atoms with Crippen LogP contribution in [0.5, 0.6) is 0 Å². The van der Waals surface area contributed by atoms with Crippen LogP contribution in [0.3, 0.4) is 0 Å². The molecule has 0 spiro atoms. The highest BCUT2D eigenvalue weighted by Gasteiger charge is 2.25. The lowest BCUT2D eigenvalue weighted by Crippen LogP contribution is -2.36. The van der Waals surface area contributed by atoms with Gasteiger partial charge in [-0.3, -0.25) is 9.69 Å². The zero-order valence-corrected chi connectivity index (χ0v) is 14.5. The molecule has 2 heterocycles. The number of rotatable bonds is 6. The Morgan fingerprint density at radius 2 is 2.00 bits per heavy atom. The van der Waals surface area contributed by atoms with Crippen molar-refractivity contribution in [3.8, 4) is 0 Å². The van der Waals surface area contributed by atoms with Crippen molar-refractivity contribution in [2.45, 2.75) is 39.2 Å². The average Bonchev–Trinajstić information content (AvgIpc) is 3.03. The van der Waals surface area contributed by atoms with Gasteiger partial charge in [-0.1, -0.05) is 37.3 Å². The van der Waals surface area contributed by atoms with Crippen molar-refractivity contribution in [2.75, 3.05) is 13.1 Å². The second kappa shape index (κ2) is 7.84. The number of likely N-dealkylation sites (tertiary alicyclic amines) is 1. The van der Waals surface area contributed by atoms with Crippen LogP contribution in [0.4, 0.5) is 0 Å². The molecule has 0 unspecified atom stereocenters. The number of benzene rings is 1. The lowest BCUT2D eigenvalue weighted by Gasteiger charge is -2.30.